The molecule has 0 aromatic heterocycles. The van der Waals surface area contributed by atoms with E-state index in [0.717, 1.165) is 19.3 Å². The zero-order valence-corrected chi connectivity index (χ0v) is 5.67. The molecule has 4 heteroatoms. The lowest BCUT2D eigenvalue weighted by Crippen LogP contribution is -2.16. The summed E-state index contributed by atoms with van der Waals surface area (Å²) < 4.78 is 34.5. The molecule has 0 heterocycles. The molecule has 0 aromatic carbocycles. The molecule has 0 N–H and O–H groups in total. The van der Waals surface area contributed by atoms with E-state index in [0.29, 0.717) is 0 Å². The Labute approximate surface area is 53.6 Å². The van der Waals surface area contributed by atoms with Crippen molar-refractivity contribution in [2.24, 2.45) is 0 Å². The zero-order chi connectivity index (χ0) is 6.91. The second-order valence-corrected chi connectivity index (χ2v) is 3.68. The lowest BCUT2D eigenvalue weighted by Gasteiger charge is -2.24. The third-order valence-corrected chi connectivity index (χ3v) is 2.58. The smallest absolute Gasteiger partial charge is 0.167 e. The number of hydrogen-bond acceptors (Lipinski definition) is 0. The van der Waals surface area contributed by atoms with Crippen LogP contribution >= 0.6 is 8.58 Å². The zero-order valence-electron chi connectivity index (χ0n) is 4.78. The van der Waals surface area contributed by atoms with Crippen molar-refractivity contribution in [3.8, 4) is 0 Å². The van der Waals surface area contributed by atoms with Crippen molar-refractivity contribution >= 4 is 8.58 Å². The van der Waals surface area contributed by atoms with Gasteiger partial charge in [-0.15, -0.1) is 0 Å². The summed E-state index contributed by atoms with van der Waals surface area (Å²) >= 11 is 0. The minimum absolute atomic E-state index is 0.0787. The summed E-state index contributed by atoms with van der Waals surface area (Å²) in [6, 6.07) is 0. The van der Waals surface area contributed by atoms with Gasteiger partial charge >= 0.3 is 5.92 Å². The fourth-order valence-electron chi connectivity index (χ4n) is 0.723. The average molecular weight is 155 g/mol. The number of rotatable bonds is 1. The van der Waals surface area contributed by atoms with Gasteiger partial charge in [-0.25, -0.2) is 0 Å². The highest BCUT2D eigenvalue weighted by atomic mass is 31.1. The van der Waals surface area contributed by atoms with Crippen LogP contribution in [0.2, 0.25) is 0 Å². The van der Waals surface area contributed by atoms with Gasteiger partial charge in [-0.3, -0.25) is 0 Å². The topological polar surface area (TPSA) is 0 Å². The van der Waals surface area contributed by atoms with Crippen LogP contribution in [-0.4, -0.2) is 11.6 Å². The van der Waals surface area contributed by atoms with Gasteiger partial charge < -0.3 is 0 Å². The van der Waals surface area contributed by atoms with Gasteiger partial charge in [0.05, 0.1) is 0 Å². The molecule has 1 rings (SSSR count). The van der Waals surface area contributed by atoms with Crippen LogP contribution < -0.4 is 0 Å². The van der Waals surface area contributed by atoms with Crippen molar-refractivity contribution < 1.29 is 13.2 Å². The Bertz CT molecular complexity index is 94.9. The van der Waals surface area contributed by atoms with Gasteiger partial charge in [-0.05, 0) is 18.5 Å². The Kier molecular flexibility index (Phi) is 2.00. The molecule has 9 heavy (non-hydrogen) atoms. The van der Waals surface area contributed by atoms with Gasteiger partial charge in [0.15, 0.2) is 0 Å². The van der Waals surface area contributed by atoms with Crippen molar-refractivity contribution in [2.75, 3.05) is 0 Å². The molecular formula is C5H7F3P. The van der Waals surface area contributed by atoms with Crippen LogP contribution in [0.1, 0.15) is 19.3 Å². The molecule has 1 aliphatic carbocycles. The lowest BCUT2D eigenvalue weighted by molar-refractivity contribution is -0.0383. The van der Waals surface area contributed by atoms with Crippen LogP contribution in [0.4, 0.5) is 13.2 Å². The van der Waals surface area contributed by atoms with E-state index in [-0.39, 0.29) is 14.2 Å². The molecule has 0 bridgehead atoms. The van der Waals surface area contributed by atoms with Crippen molar-refractivity contribution in [3.63, 3.8) is 0 Å². The molecule has 1 fully saturated rings. The maximum atomic E-state index is 11.5. The quantitative estimate of drug-likeness (QED) is 0.510. The fourth-order valence-corrected chi connectivity index (χ4v) is 1.76. The molecule has 0 saturated heterocycles. The second kappa shape index (κ2) is 2.45. The molecule has 0 unspecified atom stereocenters. The van der Waals surface area contributed by atoms with E-state index in [1.807, 2.05) is 0 Å². The highest BCUT2D eigenvalue weighted by Gasteiger charge is 2.35. The first-order valence-electron chi connectivity index (χ1n) is 2.87. The molecule has 1 aliphatic rings. The number of hydrogen-bond donors (Lipinski definition) is 0. The van der Waals surface area contributed by atoms with Crippen LogP contribution in [0.15, 0.2) is 0 Å². The van der Waals surface area contributed by atoms with Crippen molar-refractivity contribution in [3.05, 3.63) is 0 Å². The minimum atomic E-state index is -3.95. The molecular weight excluding hydrogens is 148 g/mol. The Morgan fingerprint density at radius 2 is 1.78 bits per heavy atom. The van der Waals surface area contributed by atoms with E-state index in [1.165, 1.54) is 0 Å². The maximum absolute atomic E-state index is 11.5. The largest absolute Gasteiger partial charge is 0.409 e. The molecule has 0 amide bonds. The second-order valence-electron chi connectivity index (χ2n) is 2.18. The summed E-state index contributed by atoms with van der Waals surface area (Å²) in [6.07, 6.45) is 2.51. The summed E-state index contributed by atoms with van der Waals surface area (Å²) in [4.78, 5) is 0. The Morgan fingerprint density at radius 3 is 1.89 bits per heavy atom. The van der Waals surface area contributed by atoms with Crippen LogP contribution in [0.5, 0.6) is 0 Å². The van der Waals surface area contributed by atoms with Gasteiger partial charge in [-0.2, -0.15) is 13.2 Å². The van der Waals surface area contributed by atoms with Crippen molar-refractivity contribution in [1.29, 1.82) is 0 Å². The van der Waals surface area contributed by atoms with Gasteiger partial charge in [0, 0.05) is 8.58 Å². The monoisotopic (exact) mass is 155 g/mol. The standard InChI is InChI=1S/C5H7F3P/c6-5(7,8)9-4-2-1-3-4/h4H,1-3H2. The Morgan fingerprint density at radius 1 is 1.22 bits per heavy atom. The molecule has 0 atom stereocenters. The van der Waals surface area contributed by atoms with E-state index < -0.39 is 5.92 Å². The summed E-state index contributed by atoms with van der Waals surface area (Å²) in [5.74, 6) is -3.95. The Hall–Kier alpha value is 0.220. The molecule has 0 aromatic rings. The molecule has 0 nitrogen and oxygen atoms in total. The summed E-state index contributed by atoms with van der Waals surface area (Å²) in [6.45, 7) is 0. The minimum Gasteiger partial charge on any atom is -0.167 e. The summed E-state index contributed by atoms with van der Waals surface area (Å²) in [5, 5.41) is 0. The third kappa shape index (κ3) is 2.53. The molecule has 0 spiro atoms. The highest BCUT2D eigenvalue weighted by molar-refractivity contribution is 7.40. The highest BCUT2D eigenvalue weighted by Crippen LogP contribution is 2.47. The van der Waals surface area contributed by atoms with E-state index in [2.05, 4.69) is 0 Å². The maximum Gasteiger partial charge on any atom is 0.409 e. The van der Waals surface area contributed by atoms with Crippen LogP contribution in [-0.2, 0) is 0 Å². The van der Waals surface area contributed by atoms with Crippen LogP contribution in [0.25, 0.3) is 0 Å². The summed E-state index contributed by atoms with van der Waals surface area (Å²) in [5.41, 5.74) is -0.0787. The van der Waals surface area contributed by atoms with E-state index >= 15 is 0 Å². The molecule has 0 aliphatic heterocycles. The first-order chi connectivity index (χ1) is 4.08. The summed E-state index contributed by atoms with van der Waals surface area (Å²) in [7, 11) is -0.327. The van der Waals surface area contributed by atoms with Crippen molar-refractivity contribution in [2.45, 2.75) is 30.8 Å². The Balaban J connectivity index is 2.16. The fraction of sp³-hybridized carbons (Fsp3) is 1.00. The third-order valence-electron chi connectivity index (χ3n) is 1.40. The number of halogens is 3. The average Bonchev–Trinajstić information content (AvgIpc) is 1.53. The van der Waals surface area contributed by atoms with Gasteiger partial charge in [-0.1, -0.05) is 6.42 Å². The van der Waals surface area contributed by atoms with Crippen molar-refractivity contribution in [1.82, 2.24) is 0 Å². The van der Waals surface area contributed by atoms with Gasteiger partial charge in [0.1, 0.15) is 0 Å². The first kappa shape index (κ1) is 7.33. The predicted molar refractivity (Wildman–Crippen MR) is 30.6 cm³/mol. The van der Waals surface area contributed by atoms with Gasteiger partial charge in [0.25, 0.3) is 0 Å². The predicted octanol–water partition coefficient (Wildman–Crippen LogP) is 3.00. The van der Waals surface area contributed by atoms with E-state index in [4.69, 9.17) is 0 Å². The van der Waals surface area contributed by atoms with Crippen LogP contribution in [0, 0.1) is 0 Å². The molecule has 53 valence electrons. The SMILES string of the molecule is FC(F)(F)[P]C1CCC1. The molecule has 1 saturated carbocycles. The van der Waals surface area contributed by atoms with E-state index in [9.17, 15) is 13.2 Å². The van der Waals surface area contributed by atoms with E-state index in [1.54, 1.807) is 0 Å². The molecule has 1 radical (unpaired) electrons. The van der Waals surface area contributed by atoms with Crippen LogP contribution in [0.3, 0.4) is 0 Å². The number of alkyl halides is 3. The van der Waals surface area contributed by atoms with Gasteiger partial charge in [0.2, 0.25) is 0 Å². The first-order valence-corrected chi connectivity index (χ1v) is 3.83. The lowest BCUT2D eigenvalue weighted by atomic mass is 10.00. The normalized spacial score (nSPS) is 23.0.